The van der Waals surface area contributed by atoms with Crippen LogP contribution in [0, 0.1) is 5.92 Å². The van der Waals surface area contributed by atoms with Crippen molar-refractivity contribution in [3.8, 4) is 0 Å². The maximum Gasteiger partial charge on any atom is 0.234 e. The van der Waals surface area contributed by atoms with E-state index in [2.05, 4.69) is 31.4 Å². The van der Waals surface area contributed by atoms with Crippen molar-refractivity contribution in [2.24, 2.45) is 5.92 Å². The molecule has 0 bridgehead atoms. The lowest BCUT2D eigenvalue weighted by atomic mass is 10.1. The van der Waals surface area contributed by atoms with Gasteiger partial charge in [0.15, 0.2) is 0 Å². The number of hydrogen-bond donors (Lipinski definition) is 2. The molecule has 1 aromatic rings. The van der Waals surface area contributed by atoms with Crippen LogP contribution in [0.1, 0.15) is 32.8 Å². The van der Waals surface area contributed by atoms with E-state index in [9.17, 15) is 4.79 Å². The summed E-state index contributed by atoms with van der Waals surface area (Å²) < 4.78 is 0. The Morgan fingerprint density at radius 1 is 1.30 bits per heavy atom. The lowest BCUT2D eigenvalue weighted by Crippen LogP contribution is -2.18. The van der Waals surface area contributed by atoms with Crippen LogP contribution in [0.4, 0.5) is 5.69 Å². The van der Waals surface area contributed by atoms with Gasteiger partial charge in [-0.25, -0.2) is 0 Å². The molecule has 0 unspecified atom stereocenters. The molecule has 1 rings (SSSR count). The first-order valence-electron chi connectivity index (χ1n) is 7.29. The van der Waals surface area contributed by atoms with Crippen LogP contribution in [-0.2, 0) is 11.3 Å². The smallest absolute Gasteiger partial charge is 0.234 e. The van der Waals surface area contributed by atoms with Gasteiger partial charge < -0.3 is 10.6 Å². The van der Waals surface area contributed by atoms with E-state index in [1.165, 1.54) is 0 Å². The Hall–Kier alpha value is -1.000. The molecule has 0 radical (unpaired) electrons. The van der Waals surface area contributed by atoms with E-state index in [1.807, 2.05) is 24.3 Å². The van der Waals surface area contributed by atoms with Gasteiger partial charge in [0, 0.05) is 12.2 Å². The van der Waals surface area contributed by atoms with E-state index in [4.69, 9.17) is 0 Å². The molecule has 1 aromatic carbocycles. The van der Waals surface area contributed by atoms with Crippen LogP contribution >= 0.6 is 11.8 Å². The molecule has 0 aliphatic heterocycles. The molecule has 0 saturated carbocycles. The van der Waals surface area contributed by atoms with Crippen LogP contribution in [0.15, 0.2) is 24.3 Å². The highest BCUT2D eigenvalue weighted by Crippen LogP contribution is 2.16. The molecule has 4 heteroatoms. The SMILES string of the molecule is CCNCc1ccccc1NC(=O)CSCCC(C)C. The fourth-order valence-electron chi connectivity index (χ4n) is 1.73. The van der Waals surface area contributed by atoms with Gasteiger partial charge in [-0.3, -0.25) is 4.79 Å². The van der Waals surface area contributed by atoms with Crippen LogP contribution in [0.3, 0.4) is 0 Å². The molecule has 0 fully saturated rings. The molecule has 0 aromatic heterocycles. The predicted molar refractivity (Wildman–Crippen MR) is 89.2 cm³/mol. The van der Waals surface area contributed by atoms with E-state index in [0.717, 1.165) is 36.5 Å². The number of carbonyl (C=O) groups is 1. The van der Waals surface area contributed by atoms with E-state index in [1.54, 1.807) is 11.8 Å². The number of amides is 1. The molecule has 2 N–H and O–H groups in total. The number of carbonyl (C=O) groups excluding carboxylic acids is 1. The zero-order valence-corrected chi connectivity index (χ0v) is 13.6. The van der Waals surface area contributed by atoms with Gasteiger partial charge in [-0.05, 0) is 36.3 Å². The molecule has 0 spiro atoms. The standard InChI is InChI=1S/C16H26N2OS/c1-4-17-11-14-7-5-6-8-15(14)18-16(19)12-20-10-9-13(2)3/h5-8,13,17H,4,9-12H2,1-3H3,(H,18,19). The Labute approximate surface area is 126 Å². The monoisotopic (exact) mass is 294 g/mol. The third kappa shape index (κ3) is 6.96. The molecule has 0 saturated heterocycles. The topological polar surface area (TPSA) is 41.1 Å². The van der Waals surface area contributed by atoms with Crippen molar-refractivity contribution in [1.82, 2.24) is 5.32 Å². The number of anilines is 1. The van der Waals surface area contributed by atoms with Crippen molar-refractivity contribution >= 4 is 23.4 Å². The average molecular weight is 294 g/mol. The summed E-state index contributed by atoms with van der Waals surface area (Å²) in [5.74, 6) is 2.36. The summed E-state index contributed by atoms with van der Waals surface area (Å²) in [5.41, 5.74) is 2.05. The largest absolute Gasteiger partial charge is 0.325 e. The highest BCUT2D eigenvalue weighted by atomic mass is 32.2. The molecule has 112 valence electrons. The molecule has 1 amide bonds. The summed E-state index contributed by atoms with van der Waals surface area (Å²) in [4.78, 5) is 11.9. The van der Waals surface area contributed by atoms with Crippen molar-refractivity contribution < 1.29 is 4.79 Å². The zero-order chi connectivity index (χ0) is 14.8. The normalized spacial score (nSPS) is 10.8. The molecule has 3 nitrogen and oxygen atoms in total. The second-order valence-electron chi connectivity index (χ2n) is 5.22. The third-order valence-corrected chi connectivity index (χ3v) is 3.92. The van der Waals surface area contributed by atoms with Gasteiger partial charge in [0.1, 0.15) is 0 Å². The summed E-state index contributed by atoms with van der Waals surface area (Å²) in [5, 5.41) is 6.29. The Kier molecular flexibility index (Phi) is 8.38. The number of thioether (sulfide) groups is 1. The fourth-order valence-corrected chi connectivity index (χ4v) is 2.77. The summed E-state index contributed by atoms with van der Waals surface area (Å²) in [7, 11) is 0. The summed E-state index contributed by atoms with van der Waals surface area (Å²) in [6, 6.07) is 7.96. The number of rotatable bonds is 9. The molecular formula is C16H26N2OS. The summed E-state index contributed by atoms with van der Waals surface area (Å²) in [6.45, 7) is 8.20. The maximum atomic E-state index is 11.9. The number of benzene rings is 1. The Morgan fingerprint density at radius 3 is 2.75 bits per heavy atom. The Bertz CT molecular complexity index is 407. The lowest BCUT2D eigenvalue weighted by molar-refractivity contribution is -0.113. The van der Waals surface area contributed by atoms with Gasteiger partial charge in [0.05, 0.1) is 5.75 Å². The maximum absolute atomic E-state index is 11.9. The number of hydrogen-bond acceptors (Lipinski definition) is 3. The van der Waals surface area contributed by atoms with Gasteiger partial charge in [0.25, 0.3) is 0 Å². The minimum absolute atomic E-state index is 0.0858. The first-order chi connectivity index (χ1) is 9.63. The highest BCUT2D eigenvalue weighted by Gasteiger charge is 2.06. The van der Waals surface area contributed by atoms with Crippen molar-refractivity contribution in [2.45, 2.75) is 33.7 Å². The van der Waals surface area contributed by atoms with Gasteiger partial charge >= 0.3 is 0 Å². The van der Waals surface area contributed by atoms with Crippen LogP contribution in [0.5, 0.6) is 0 Å². The van der Waals surface area contributed by atoms with Crippen molar-refractivity contribution in [3.05, 3.63) is 29.8 Å². The second-order valence-corrected chi connectivity index (χ2v) is 6.33. The summed E-state index contributed by atoms with van der Waals surface area (Å²) >= 11 is 1.70. The fraction of sp³-hybridized carbons (Fsp3) is 0.562. The first kappa shape index (κ1) is 17.1. The van der Waals surface area contributed by atoms with E-state index >= 15 is 0 Å². The number of para-hydroxylation sites is 1. The molecule has 0 aliphatic rings. The Morgan fingerprint density at radius 2 is 2.05 bits per heavy atom. The van der Waals surface area contributed by atoms with Gasteiger partial charge in [-0.1, -0.05) is 39.0 Å². The van der Waals surface area contributed by atoms with Crippen LogP contribution < -0.4 is 10.6 Å². The lowest BCUT2D eigenvalue weighted by Gasteiger charge is -2.11. The van der Waals surface area contributed by atoms with Crippen molar-refractivity contribution in [1.29, 1.82) is 0 Å². The van der Waals surface area contributed by atoms with Crippen LogP contribution in [-0.4, -0.2) is 24.0 Å². The second kappa shape index (κ2) is 9.83. The van der Waals surface area contributed by atoms with Gasteiger partial charge in [0.2, 0.25) is 5.91 Å². The minimum atomic E-state index is 0.0858. The molecule has 0 heterocycles. The quantitative estimate of drug-likeness (QED) is 0.685. The predicted octanol–water partition coefficient (Wildman–Crippen LogP) is 3.51. The molecule has 0 atom stereocenters. The van der Waals surface area contributed by atoms with Crippen LogP contribution in [0.25, 0.3) is 0 Å². The van der Waals surface area contributed by atoms with Gasteiger partial charge in [-0.15, -0.1) is 0 Å². The van der Waals surface area contributed by atoms with E-state index < -0.39 is 0 Å². The van der Waals surface area contributed by atoms with Crippen molar-refractivity contribution in [2.75, 3.05) is 23.4 Å². The zero-order valence-electron chi connectivity index (χ0n) is 12.7. The van der Waals surface area contributed by atoms with E-state index in [0.29, 0.717) is 11.7 Å². The first-order valence-corrected chi connectivity index (χ1v) is 8.45. The summed E-state index contributed by atoms with van der Waals surface area (Å²) in [6.07, 6.45) is 1.16. The third-order valence-electron chi connectivity index (χ3n) is 2.93. The number of nitrogens with one attached hydrogen (secondary N) is 2. The van der Waals surface area contributed by atoms with Crippen LogP contribution in [0.2, 0.25) is 0 Å². The average Bonchev–Trinajstić information content (AvgIpc) is 2.42. The molecular weight excluding hydrogens is 268 g/mol. The molecule has 0 aliphatic carbocycles. The molecule has 20 heavy (non-hydrogen) atoms. The van der Waals surface area contributed by atoms with E-state index in [-0.39, 0.29) is 5.91 Å². The Balaban J connectivity index is 2.41. The highest BCUT2D eigenvalue weighted by molar-refractivity contribution is 7.99. The minimum Gasteiger partial charge on any atom is -0.325 e. The van der Waals surface area contributed by atoms with Gasteiger partial charge in [-0.2, -0.15) is 11.8 Å². The van der Waals surface area contributed by atoms with Crippen molar-refractivity contribution in [3.63, 3.8) is 0 Å².